The third-order valence-electron chi connectivity index (χ3n) is 2.95. The smallest absolute Gasteiger partial charge is 0.309 e. The summed E-state index contributed by atoms with van der Waals surface area (Å²) in [5.74, 6) is -0.887. The van der Waals surface area contributed by atoms with Crippen molar-refractivity contribution in [2.45, 2.75) is 19.8 Å². The molecule has 0 aliphatic carbocycles. The first kappa shape index (κ1) is 16.9. The van der Waals surface area contributed by atoms with Crippen LogP contribution in [0.25, 0.3) is 0 Å². The van der Waals surface area contributed by atoms with E-state index in [1.54, 1.807) is 24.3 Å². The Morgan fingerprint density at radius 3 is 2.45 bits per heavy atom. The Balaban J connectivity index is 2.65. The molecule has 0 saturated carbocycles. The summed E-state index contributed by atoms with van der Waals surface area (Å²) >= 11 is 3.32. The summed E-state index contributed by atoms with van der Waals surface area (Å²) in [7, 11) is 1.33. The summed E-state index contributed by atoms with van der Waals surface area (Å²) in [5, 5.41) is 0. The third-order valence-corrected chi connectivity index (χ3v) is 3.48. The molecule has 110 valence electrons. The minimum atomic E-state index is -0.456. The molecule has 0 N–H and O–H groups in total. The van der Waals surface area contributed by atoms with Crippen molar-refractivity contribution in [2.75, 3.05) is 20.3 Å². The Morgan fingerprint density at radius 2 is 1.90 bits per heavy atom. The van der Waals surface area contributed by atoms with Crippen LogP contribution in [0.15, 0.2) is 28.7 Å². The van der Waals surface area contributed by atoms with Crippen LogP contribution < -0.4 is 0 Å². The Labute approximate surface area is 127 Å². The van der Waals surface area contributed by atoms with Gasteiger partial charge in [-0.05, 0) is 25.5 Å². The molecule has 1 atom stereocenters. The minimum Gasteiger partial charge on any atom is -0.469 e. The predicted octanol–water partition coefficient (Wildman–Crippen LogP) is 3.24. The molecule has 0 aliphatic rings. The first-order chi connectivity index (χ1) is 9.58. The summed E-state index contributed by atoms with van der Waals surface area (Å²) < 4.78 is 10.9. The normalized spacial score (nSPS) is 11.9. The molecule has 0 fully saturated rings. The zero-order valence-electron chi connectivity index (χ0n) is 11.7. The zero-order chi connectivity index (χ0) is 15.0. The van der Waals surface area contributed by atoms with E-state index in [1.165, 1.54) is 7.11 Å². The highest BCUT2D eigenvalue weighted by atomic mass is 79.9. The summed E-state index contributed by atoms with van der Waals surface area (Å²) in [6.45, 7) is 2.93. The number of hydrogen-bond donors (Lipinski definition) is 0. The van der Waals surface area contributed by atoms with E-state index in [2.05, 4.69) is 15.9 Å². The maximum Gasteiger partial charge on any atom is 0.309 e. The zero-order valence-corrected chi connectivity index (χ0v) is 13.3. The lowest BCUT2D eigenvalue weighted by atomic mass is 9.96. The van der Waals surface area contributed by atoms with E-state index in [4.69, 9.17) is 9.47 Å². The van der Waals surface area contributed by atoms with Gasteiger partial charge in [-0.15, -0.1) is 0 Å². The molecule has 0 amide bonds. The van der Waals surface area contributed by atoms with Gasteiger partial charge in [0.2, 0.25) is 0 Å². The fraction of sp³-hybridized carbons (Fsp3) is 0.467. The molecule has 0 saturated heterocycles. The van der Waals surface area contributed by atoms with Crippen LogP contribution in [-0.4, -0.2) is 32.1 Å². The summed E-state index contributed by atoms with van der Waals surface area (Å²) in [5.41, 5.74) is 0.596. The molecular weight excluding hydrogens is 324 g/mol. The van der Waals surface area contributed by atoms with Crippen molar-refractivity contribution >= 4 is 27.7 Å². The van der Waals surface area contributed by atoms with Gasteiger partial charge in [-0.3, -0.25) is 9.59 Å². The number of rotatable bonds is 8. The van der Waals surface area contributed by atoms with Crippen molar-refractivity contribution in [3.8, 4) is 0 Å². The van der Waals surface area contributed by atoms with Crippen LogP contribution in [0.3, 0.4) is 0 Å². The largest absolute Gasteiger partial charge is 0.469 e. The van der Waals surface area contributed by atoms with Crippen molar-refractivity contribution in [1.82, 2.24) is 0 Å². The Morgan fingerprint density at radius 1 is 1.25 bits per heavy atom. The van der Waals surface area contributed by atoms with Gasteiger partial charge in [-0.2, -0.15) is 0 Å². The fourth-order valence-electron chi connectivity index (χ4n) is 1.82. The van der Waals surface area contributed by atoms with Gasteiger partial charge in [0.15, 0.2) is 5.78 Å². The SMILES string of the molecule is CCOCCC(CC(=O)c1ccc(Br)cc1)C(=O)OC. The molecule has 1 rings (SSSR count). The van der Waals surface area contributed by atoms with E-state index in [9.17, 15) is 9.59 Å². The molecule has 0 heterocycles. The van der Waals surface area contributed by atoms with Gasteiger partial charge in [0.25, 0.3) is 0 Å². The molecule has 1 aromatic carbocycles. The summed E-state index contributed by atoms with van der Waals surface area (Å²) in [6.07, 6.45) is 0.629. The Kier molecular flexibility index (Phi) is 7.47. The first-order valence-electron chi connectivity index (χ1n) is 6.52. The molecule has 0 bridgehead atoms. The second-order valence-corrected chi connectivity index (χ2v) is 5.26. The molecule has 1 unspecified atom stereocenters. The van der Waals surface area contributed by atoms with Crippen LogP contribution in [0.1, 0.15) is 30.1 Å². The van der Waals surface area contributed by atoms with E-state index in [0.717, 1.165) is 4.47 Å². The van der Waals surface area contributed by atoms with Crippen molar-refractivity contribution < 1.29 is 19.1 Å². The predicted molar refractivity (Wildman–Crippen MR) is 79.7 cm³/mol. The fourth-order valence-corrected chi connectivity index (χ4v) is 2.08. The lowest BCUT2D eigenvalue weighted by Crippen LogP contribution is -2.21. The number of Topliss-reactive ketones (excluding diaryl/α,β-unsaturated/α-hetero) is 1. The molecule has 0 aliphatic heterocycles. The van der Waals surface area contributed by atoms with Crippen LogP contribution in [-0.2, 0) is 14.3 Å². The molecule has 0 spiro atoms. The van der Waals surface area contributed by atoms with Crippen LogP contribution in [0.5, 0.6) is 0 Å². The van der Waals surface area contributed by atoms with Crippen LogP contribution in [0, 0.1) is 5.92 Å². The second kappa shape index (κ2) is 8.87. The second-order valence-electron chi connectivity index (χ2n) is 4.34. The number of carbonyl (C=O) groups excluding carboxylic acids is 2. The van der Waals surface area contributed by atoms with E-state index in [1.807, 2.05) is 6.92 Å². The van der Waals surface area contributed by atoms with E-state index >= 15 is 0 Å². The third kappa shape index (κ3) is 5.43. The number of hydrogen-bond acceptors (Lipinski definition) is 4. The van der Waals surface area contributed by atoms with Crippen molar-refractivity contribution in [1.29, 1.82) is 0 Å². The van der Waals surface area contributed by atoms with Crippen LogP contribution in [0.2, 0.25) is 0 Å². The average Bonchev–Trinajstić information content (AvgIpc) is 2.46. The lowest BCUT2D eigenvalue weighted by molar-refractivity contribution is -0.146. The van der Waals surface area contributed by atoms with E-state index in [0.29, 0.717) is 25.2 Å². The highest BCUT2D eigenvalue weighted by Gasteiger charge is 2.23. The number of methoxy groups -OCH3 is 1. The molecular formula is C15H19BrO4. The Bertz CT molecular complexity index is 442. The van der Waals surface area contributed by atoms with Gasteiger partial charge in [-0.1, -0.05) is 28.1 Å². The number of halogens is 1. The summed E-state index contributed by atoms with van der Waals surface area (Å²) in [4.78, 5) is 23.8. The van der Waals surface area contributed by atoms with Gasteiger partial charge >= 0.3 is 5.97 Å². The maximum absolute atomic E-state index is 12.2. The van der Waals surface area contributed by atoms with Crippen molar-refractivity contribution in [3.05, 3.63) is 34.3 Å². The maximum atomic E-state index is 12.2. The van der Waals surface area contributed by atoms with E-state index < -0.39 is 5.92 Å². The van der Waals surface area contributed by atoms with Crippen LogP contribution >= 0.6 is 15.9 Å². The number of ketones is 1. The molecule has 0 radical (unpaired) electrons. The quantitative estimate of drug-likeness (QED) is 0.413. The van der Waals surface area contributed by atoms with Crippen LogP contribution in [0.4, 0.5) is 0 Å². The van der Waals surface area contributed by atoms with Crippen molar-refractivity contribution in [2.24, 2.45) is 5.92 Å². The Hall–Kier alpha value is -1.20. The number of benzene rings is 1. The van der Waals surface area contributed by atoms with Gasteiger partial charge in [0.1, 0.15) is 0 Å². The van der Waals surface area contributed by atoms with Gasteiger partial charge in [0.05, 0.1) is 13.0 Å². The number of esters is 1. The van der Waals surface area contributed by atoms with Crippen molar-refractivity contribution in [3.63, 3.8) is 0 Å². The molecule has 1 aromatic rings. The molecule has 5 heteroatoms. The van der Waals surface area contributed by atoms with Gasteiger partial charge < -0.3 is 9.47 Å². The monoisotopic (exact) mass is 342 g/mol. The van der Waals surface area contributed by atoms with E-state index in [-0.39, 0.29) is 18.2 Å². The highest BCUT2D eigenvalue weighted by Crippen LogP contribution is 2.17. The summed E-state index contributed by atoms with van der Waals surface area (Å²) in [6, 6.07) is 7.09. The topological polar surface area (TPSA) is 52.6 Å². The number of carbonyl (C=O) groups is 2. The number of ether oxygens (including phenoxy) is 2. The first-order valence-corrected chi connectivity index (χ1v) is 7.32. The molecule has 4 nitrogen and oxygen atoms in total. The van der Waals surface area contributed by atoms with Gasteiger partial charge in [0, 0.05) is 29.7 Å². The highest BCUT2D eigenvalue weighted by molar-refractivity contribution is 9.10. The average molecular weight is 343 g/mol. The molecule has 20 heavy (non-hydrogen) atoms. The standard InChI is InChI=1S/C15H19BrO4/c1-3-20-9-8-12(15(18)19-2)10-14(17)11-4-6-13(16)7-5-11/h4-7,12H,3,8-10H2,1-2H3. The van der Waals surface area contributed by atoms with Gasteiger partial charge in [-0.25, -0.2) is 0 Å². The lowest BCUT2D eigenvalue weighted by Gasteiger charge is -2.13. The molecule has 0 aromatic heterocycles. The minimum absolute atomic E-state index is 0.0654.